The summed E-state index contributed by atoms with van der Waals surface area (Å²) in [5.41, 5.74) is 2.65. The molecule has 0 saturated carbocycles. The minimum Gasteiger partial charge on any atom is -0.352 e. The third-order valence-corrected chi connectivity index (χ3v) is 4.29. The van der Waals surface area contributed by atoms with Crippen LogP contribution in [0.5, 0.6) is 0 Å². The van der Waals surface area contributed by atoms with Gasteiger partial charge in [0, 0.05) is 31.9 Å². The van der Waals surface area contributed by atoms with E-state index in [1.807, 2.05) is 66.9 Å². The lowest BCUT2D eigenvalue weighted by Crippen LogP contribution is -2.36. The number of carbonyl (C=O) groups is 1. The molecule has 0 unspecified atom stereocenters. The molecular weight excluding hydrogens is 493 g/mol. The Kier molecular flexibility index (Phi) is 9.03. The Bertz CT molecular complexity index is 1000. The number of hydrogen-bond donors (Lipinski definition) is 3. The number of guanidine groups is 1. The number of nitrogens with zero attached hydrogens (tertiary/aromatic N) is 4. The van der Waals surface area contributed by atoms with Crippen molar-refractivity contribution in [1.29, 1.82) is 0 Å². The Morgan fingerprint density at radius 2 is 1.90 bits per heavy atom. The van der Waals surface area contributed by atoms with Crippen LogP contribution in [0.3, 0.4) is 0 Å². The maximum absolute atomic E-state index is 12.0. The van der Waals surface area contributed by atoms with Gasteiger partial charge in [0.1, 0.15) is 0 Å². The molecule has 9 heteroatoms. The SMILES string of the molecule is CN=C(NCc1cccc(NC(=O)CC(C)C)c1)NCc1nnc2ccccn12.I. The van der Waals surface area contributed by atoms with Crippen molar-refractivity contribution in [3.05, 3.63) is 60.0 Å². The van der Waals surface area contributed by atoms with Gasteiger partial charge in [0.2, 0.25) is 5.91 Å². The van der Waals surface area contributed by atoms with E-state index < -0.39 is 0 Å². The number of aliphatic imine (C=N–C) groups is 1. The highest BCUT2D eigenvalue weighted by Crippen LogP contribution is 2.12. The Morgan fingerprint density at radius 3 is 2.67 bits per heavy atom. The molecule has 3 rings (SSSR count). The van der Waals surface area contributed by atoms with Crippen LogP contribution in [0.4, 0.5) is 5.69 Å². The number of anilines is 1. The average Bonchev–Trinajstić information content (AvgIpc) is 3.11. The number of hydrogen-bond acceptors (Lipinski definition) is 4. The zero-order valence-electron chi connectivity index (χ0n) is 17.4. The molecule has 3 aromatic rings. The minimum absolute atomic E-state index is 0. The Labute approximate surface area is 193 Å². The van der Waals surface area contributed by atoms with Crippen molar-refractivity contribution in [1.82, 2.24) is 25.2 Å². The summed E-state index contributed by atoms with van der Waals surface area (Å²) in [7, 11) is 1.72. The molecule has 160 valence electrons. The van der Waals surface area contributed by atoms with Crippen molar-refractivity contribution in [2.75, 3.05) is 12.4 Å². The summed E-state index contributed by atoms with van der Waals surface area (Å²) in [4.78, 5) is 16.2. The van der Waals surface area contributed by atoms with Crippen LogP contribution in [-0.4, -0.2) is 33.5 Å². The first-order chi connectivity index (χ1) is 14.0. The fraction of sp³-hybridized carbons (Fsp3) is 0.333. The molecule has 0 atom stereocenters. The fourth-order valence-electron chi connectivity index (χ4n) is 2.92. The van der Waals surface area contributed by atoms with E-state index in [0.29, 0.717) is 31.4 Å². The summed E-state index contributed by atoms with van der Waals surface area (Å²) < 4.78 is 1.93. The van der Waals surface area contributed by atoms with Crippen molar-refractivity contribution in [2.45, 2.75) is 33.4 Å². The molecule has 2 aromatic heterocycles. The number of aromatic nitrogens is 3. The van der Waals surface area contributed by atoms with Crippen molar-refractivity contribution in [2.24, 2.45) is 10.9 Å². The van der Waals surface area contributed by atoms with Gasteiger partial charge < -0.3 is 16.0 Å². The molecule has 3 N–H and O–H groups in total. The predicted octanol–water partition coefficient (Wildman–Crippen LogP) is 3.20. The van der Waals surface area contributed by atoms with Gasteiger partial charge in [0.25, 0.3) is 0 Å². The third kappa shape index (κ3) is 6.68. The van der Waals surface area contributed by atoms with Gasteiger partial charge >= 0.3 is 0 Å². The second kappa shape index (κ2) is 11.5. The van der Waals surface area contributed by atoms with Gasteiger partial charge in [-0.3, -0.25) is 14.2 Å². The lowest BCUT2D eigenvalue weighted by molar-refractivity contribution is -0.116. The predicted molar refractivity (Wildman–Crippen MR) is 130 cm³/mol. The van der Waals surface area contributed by atoms with Crippen molar-refractivity contribution >= 4 is 47.2 Å². The molecule has 2 heterocycles. The molecule has 0 radical (unpaired) electrons. The molecular formula is C21H28IN7O. The number of rotatable bonds is 7. The van der Waals surface area contributed by atoms with Gasteiger partial charge in [-0.2, -0.15) is 0 Å². The largest absolute Gasteiger partial charge is 0.352 e. The van der Waals surface area contributed by atoms with Gasteiger partial charge in [-0.05, 0) is 35.7 Å². The zero-order valence-corrected chi connectivity index (χ0v) is 19.8. The molecule has 0 aliphatic heterocycles. The summed E-state index contributed by atoms with van der Waals surface area (Å²) in [6, 6.07) is 13.6. The first-order valence-corrected chi connectivity index (χ1v) is 9.67. The number of fused-ring (bicyclic) bond motifs is 1. The normalized spacial score (nSPS) is 11.3. The molecule has 8 nitrogen and oxygen atoms in total. The molecule has 0 bridgehead atoms. The summed E-state index contributed by atoms with van der Waals surface area (Å²) in [5, 5.41) is 17.8. The van der Waals surface area contributed by atoms with E-state index in [4.69, 9.17) is 0 Å². The van der Waals surface area contributed by atoms with Crippen LogP contribution in [0, 0.1) is 5.92 Å². The Balaban J connectivity index is 0.00000320. The molecule has 30 heavy (non-hydrogen) atoms. The number of amides is 1. The van der Waals surface area contributed by atoms with Gasteiger partial charge in [-0.1, -0.05) is 32.0 Å². The van der Waals surface area contributed by atoms with E-state index in [-0.39, 0.29) is 29.9 Å². The lowest BCUT2D eigenvalue weighted by Gasteiger charge is -2.12. The topological polar surface area (TPSA) is 95.7 Å². The molecule has 1 amide bonds. The maximum Gasteiger partial charge on any atom is 0.224 e. The van der Waals surface area contributed by atoms with Crippen molar-refractivity contribution in [3.63, 3.8) is 0 Å². The monoisotopic (exact) mass is 521 g/mol. The van der Waals surface area contributed by atoms with E-state index in [0.717, 1.165) is 22.7 Å². The van der Waals surface area contributed by atoms with Gasteiger partial charge in [0.05, 0.1) is 6.54 Å². The quantitative estimate of drug-likeness (QED) is 0.252. The van der Waals surface area contributed by atoms with Crippen LogP contribution in [0.25, 0.3) is 5.65 Å². The van der Waals surface area contributed by atoms with Crippen LogP contribution in [0.1, 0.15) is 31.7 Å². The Morgan fingerprint density at radius 1 is 1.10 bits per heavy atom. The summed E-state index contributed by atoms with van der Waals surface area (Å²) in [6.45, 7) is 5.13. The highest BCUT2D eigenvalue weighted by molar-refractivity contribution is 14.0. The Hall–Kier alpha value is -2.69. The highest BCUT2D eigenvalue weighted by Gasteiger charge is 2.07. The molecule has 1 aromatic carbocycles. The van der Waals surface area contributed by atoms with E-state index in [1.165, 1.54) is 0 Å². The second-order valence-corrected chi connectivity index (χ2v) is 7.17. The number of carbonyl (C=O) groups excluding carboxylic acids is 1. The molecule has 0 spiro atoms. The van der Waals surface area contributed by atoms with Gasteiger partial charge in [0.15, 0.2) is 17.4 Å². The fourth-order valence-corrected chi connectivity index (χ4v) is 2.92. The number of pyridine rings is 1. The summed E-state index contributed by atoms with van der Waals surface area (Å²) in [6.07, 6.45) is 2.44. The number of benzene rings is 1. The molecule has 0 aliphatic carbocycles. The van der Waals surface area contributed by atoms with Crippen molar-refractivity contribution < 1.29 is 4.79 Å². The number of halogens is 1. The summed E-state index contributed by atoms with van der Waals surface area (Å²) in [5.74, 6) is 1.82. The molecule has 0 saturated heterocycles. The van der Waals surface area contributed by atoms with Crippen LogP contribution < -0.4 is 16.0 Å². The first-order valence-electron chi connectivity index (χ1n) is 9.67. The van der Waals surface area contributed by atoms with E-state index in [9.17, 15) is 4.79 Å². The van der Waals surface area contributed by atoms with E-state index >= 15 is 0 Å². The first kappa shape index (κ1) is 23.6. The highest BCUT2D eigenvalue weighted by atomic mass is 127. The average molecular weight is 521 g/mol. The van der Waals surface area contributed by atoms with E-state index in [1.54, 1.807) is 7.05 Å². The molecule has 0 aliphatic rings. The van der Waals surface area contributed by atoms with E-state index in [2.05, 4.69) is 31.1 Å². The van der Waals surface area contributed by atoms with Gasteiger partial charge in [-0.15, -0.1) is 34.2 Å². The van der Waals surface area contributed by atoms with Crippen LogP contribution >= 0.6 is 24.0 Å². The smallest absolute Gasteiger partial charge is 0.224 e. The number of nitrogens with one attached hydrogen (secondary N) is 3. The standard InChI is InChI=1S/C21H27N7O.HI/c1-15(2)11-20(29)25-17-8-6-7-16(12-17)13-23-21(22-3)24-14-19-27-26-18-9-4-5-10-28(18)19;/h4-10,12,15H,11,13-14H2,1-3H3,(H,25,29)(H2,22,23,24);1H. The van der Waals surface area contributed by atoms with Crippen LogP contribution in [0.2, 0.25) is 0 Å². The summed E-state index contributed by atoms with van der Waals surface area (Å²) >= 11 is 0. The second-order valence-electron chi connectivity index (χ2n) is 7.17. The van der Waals surface area contributed by atoms with Crippen molar-refractivity contribution in [3.8, 4) is 0 Å². The zero-order chi connectivity index (χ0) is 20.6. The maximum atomic E-state index is 12.0. The third-order valence-electron chi connectivity index (χ3n) is 4.29. The minimum atomic E-state index is 0. The van der Waals surface area contributed by atoms with Crippen LogP contribution in [0.15, 0.2) is 53.7 Å². The van der Waals surface area contributed by atoms with Gasteiger partial charge in [-0.25, -0.2) is 0 Å². The molecule has 0 fully saturated rings. The van der Waals surface area contributed by atoms with Crippen LogP contribution in [-0.2, 0) is 17.9 Å². The lowest BCUT2D eigenvalue weighted by atomic mass is 10.1.